The van der Waals surface area contributed by atoms with Gasteiger partial charge >= 0.3 is 0 Å². The molecular weight excluding hydrogens is 450 g/mol. The van der Waals surface area contributed by atoms with Gasteiger partial charge in [0.25, 0.3) is 15.9 Å². The molecule has 1 fully saturated rings. The highest BCUT2D eigenvalue weighted by Crippen LogP contribution is 2.26. The minimum Gasteiger partial charge on any atom is -0.348 e. The van der Waals surface area contributed by atoms with E-state index in [1.807, 2.05) is 24.3 Å². The Kier molecular flexibility index (Phi) is 7.27. The van der Waals surface area contributed by atoms with Gasteiger partial charge in [-0.25, -0.2) is 8.42 Å². The molecule has 0 spiro atoms. The summed E-state index contributed by atoms with van der Waals surface area (Å²) in [4.78, 5) is 25.0. The second-order valence-electron chi connectivity index (χ2n) is 8.35. The van der Waals surface area contributed by atoms with Crippen LogP contribution in [0, 0.1) is 5.92 Å². The first-order valence-electron chi connectivity index (χ1n) is 11.3. The van der Waals surface area contributed by atoms with Crippen molar-refractivity contribution in [2.45, 2.75) is 37.1 Å². The van der Waals surface area contributed by atoms with Crippen LogP contribution in [0.3, 0.4) is 0 Å². The van der Waals surface area contributed by atoms with E-state index in [0.29, 0.717) is 16.9 Å². The number of carbonyl (C=O) groups is 2. The number of sulfonamides is 1. The van der Waals surface area contributed by atoms with Crippen LogP contribution in [0.4, 0.5) is 11.4 Å². The summed E-state index contributed by atoms with van der Waals surface area (Å²) >= 11 is 0. The Hall–Kier alpha value is -3.65. The lowest BCUT2D eigenvalue weighted by molar-refractivity contribution is -0.119. The Morgan fingerprint density at radius 2 is 1.50 bits per heavy atom. The Morgan fingerprint density at radius 1 is 0.824 bits per heavy atom. The summed E-state index contributed by atoms with van der Waals surface area (Å²) in [5.41, 5.74) is 2.38. The topological polar surface area (TPSA) is 104 Å². The minimum absolute atomic E-state index is 0.0514. The average molecular weight is 478 g/mol. The van der Waals surface area contributed by atoms with E-state index in [9.17, 15) is 18.0 Å². The maximum Gasteiger partial charge on any atom is 0.261 e. The third kappa shape index (κ3) is 6.02. The molecular formula is C26H27N3O4S. The van der Waals surface area contributed by atoms with E-state index >= 15 is 0 Å². The van der Waals surface area contributed by atoms with Crippen LogP contribution < -0.4 is 15.4 Å². The van der Waals surface area contributed by atoms with E-state index in [-0.39, 0.29) is 29.2 Å². The van der Waals surface area contributed by atoms with Gasteiger partial charge in [0.15, 0.2) is 0 Å². The molecule has 1 aliphatic rings. The van der Waals surface area contributed by atoms with Gasteiger partial charge in [-0.1, -0.05) is 43.2 Å². The van der Waals surface area contributed by atoms with Crippen LogP contribution in [0.15, 0.2) is 83.8 Å². The number of carbonyl (C=O) groups excluding carboxylic acids is 2. The third-order valence-corrected chi connectivity index (χ3v) is 7.22. The number of hydrogen-bond acceptors (Lipinski definition) is 4. The Morgan fingerprint density at radius 3 is 2.21 bits per heavy atom. The molecule has 0 aromatic heterocycles. The molecule has 3 aromatic rings. The maximum atomic E-state index is 12.6. The molecule has 2 amide bonds. The lowest BCUT2D eigenvalue weighted by atomic mass is 10.1. The van der Waals surface area contributed by atoms with E-state index in [2.05, 4.69) is 15.4 Å². The maximum absolute atomic E-state index is 12.6. The van der Waals surface area contributed by atoms with E-state index in [1.54, 1.807) is 30.3 Å². The molecule has 176 valence electrons. The fraction of sp³-hybridized carbons (Fsp3) is 0.231. The third-order valence-electron chi connectivity index (χ3n) is 5.83. The summed E-state index contributed by atoms with van der Waals surface area (Å²) in [6.07, 6.45) is 4.06. The molecule has 7 nitrogen and oxygen atoms in total. The first kappa shape index (κ1) is 23.5. The summed E-state index contributed by atoms with van der Waals surface area (Å²) in [7, 11) is -3.75. The second kappa shape index (κ2) is 10.5. The number of nitrogens with one attached hydrogen (secondary N) is 3. The fourth-order valence-corrected chi connectivity index (χ4v) is 5.04. The SMILES string of the molecule is O=C(NCc1cccc(NC(=O)C2CCCC2)c1)c1ccc(S(=O)(=O)Nc2ccccc2)cc1. The molecule has 0 bridgehead atoms. The van der Waals surface area contributed by atoms with Gasteiger partial charge in [0.2, 0.25) is 5.91 Å². The van der Waals surface area contributed by atoms with Crippen molar-refractivity contribution >= 4 is 33.2 Å². The van der Waals surface area contributed by atoms with Crippen molar-refractivity contribution in [3.8, 4) is 0 Å². The Bertz CT molecular complexity index is 1250. The average Bonchev–Trinajstić information content (AvgIpc) is 3.39. The summed E-state index contributed by atoms with van der Waals surface area (Å²) < 4.78 is 27.6. The Labute approximate surface area is 199 Å². The van der Waals surface area contributed by atoms with Crippen LogP contribution in [0.2, 0.25) is 0 Å². The lowest BCUT2D eigenvalue weighted by Gasteiger charge is -2.12. The van der Waals surface area contributed by atoms with Crippen molar-refractivity contribution in [3.05, 3.63) is 90.0 Å². The minimum atomic E-state index is -3.75. The molecule has 0 heterocycles. The highest BCUT2D eigenvalue weighted by molar-refractivity contribution is 7.92. The molecule has 0 radical (unpaired) electrons. The first-order valence-corrected chi connectivity index (χ1v) is 12.7. The van der Waals surface area contributed by atoms with Crippen LogP contribution in [-0.2, 0) is 21.4 Å². The van der Waals surface area contributed by atoms with Gasteiger partial charge in [-0.15, -0.1) is 0 Å². The van der Waals surface area contributed by atoms with Crippen molar-refractivity contribution < 1.29 is 18.0 Å². The molecule has 0 aliphatic heterocycles. The van der Waals surface area contributed by atoms with Crippen LogP contribution >= 0.6 is 0 Å². The van der Waals surface area contributed by atoms with E-state index in [1.165, 1.54) is 24.3 Å². The van der Waals surface area contributed by atoms with Gasteiger partial charge in [0.1, 0.15) is 0 Å². The summed E-state index contributed by atoms with van der Waals surface area (Å²) in [6.45, 7) is 0.279. The van der Waals surface area contributed by atoms with Crippen molar-refractivity contribution in [1.82, 2.24) is 5.32 Å². The number of hydrogen-bond donors (Lipinski definition) is 3. The smallest absolute Gasteiger partial charge is 0.261 e. The van der Waals surface area contributed by atoms with Gasteiger partial charge < -0.3 is 10.6 Å². The molecule has 3 aromatic carbocycles. The zero-order valence-corrected chi connectivity index (χ0v) is 19.5. The number of rotatable bonds is 8. The molecule has 0 saturated heterocycles. The van der Waals surface area contributed by atoms with Gasteiger partial charge in [0, 0.05) is 29.4 Å². The molecule has 8 heteroatoms. The molecule has 1 aliphatic carbocycles. The number of para-hydroxylation sites is 1. The van der Waals surface area contributed by atoms with Crippen molar-refractivity contribution in [1.29, 1.82) is 0 Å². The zero-order valence-electron chi connectivity index (χ0n) is 18.7. The zero-order chi connectivity index (χ0) is 24.0. The second-order valence-corrected chi connectivity index (χ2v) is 10.0. The van der Waals surface area contributed by atoms with Crippen LogP contribution in [0.5, 0.6) is 0 Å². The highest BCUT2D eigenvalue weighted by atomic mass is 32.2. The van der Waals surface area contributed by atoms with Gasteiger partial charge in [-0.3, -0.25) is 14.3 Å². The molecule has 0 atom stereocenters. The number of benzene rings is 3. The summed E-state index contributed by atoms with van der Waals surface area (Å²) in [6, 6.07) is 21.8. The van der Waals surface area contributed by atoms with Crippen LogP contribution in [0.1, 0.15) is 41.6 Å². The van der Waals surface area contributed by atoms with Gasteiger partial charge in [0.05, 0.1) is 4.90 Å². The quantitative estimate of drug-likeness (QED) is 0.443. The standard InChI is InChI=1S/C26H27N3O4S/c30-25(21-13-15-24(16-14-21)34(32,33)29-22-10-2-1-3-11-22)27-18-19-7-6-12-23(17-19)28-26(31)20-8-4-5-9-20/h1-3,6-7,10-17,20,29H,4-5,8-9,18H2,(H,27,30)(H,28,31). The summed E-state index contributed by atoms with van der Waals surface area (Å²) in [5, 5.41) is 5.80. The predicted octanol–water partition coefficient (Wildman–Crippen LogP) is 4.55. The molecule has 4 rings (SSSR count). The van der Waals surface area contributed by atoms with Gasteiger partial charge in [-0.05, 0) is 66.9 Å². The summed E-state index contributed by atoms with van der Waals surface area (Å²) in [5.74, 6) is -0.186. The number of amides is 2. The normalized spacial score (nSPS) is 13.9. The molecule has 34 heavy (non-hydrogen) atoms. The fourth-order valence-electron chi connectivity index (χ4n) is 3.98. The van der Waals surface area contributed by atoms with E-state index in [4.69, 9.17) is 0 Å². The van der Waals surface area contributed by atoms with E-state index < -0.39 is 10.0 Å². The van der Waals surface area contributed by atoms with Crippen molar-refractivity contribution in [2.24, 2.45) is 5.92 Å². The number of anilines is 2. The van der Waals surface area contributed by atoms with Crippen molar-refractivity contribution in [2.75, 3.05) is 10.0 Å². The molecule has 1 saturated carbocycles. The lowest BCUT2D eigenvalue weighted by Crippen LogP contribution is -2.23. The predicted molar refractivity (Wildman–Crippen MR) is 132 cm³/mol. The van der Waals surface area contributed by atoms with Crippen LogP contribution in [0.25, 0.3) is 0 Å². The molecule has 0 unspecified atom stereocenters. The first-order chi connectivity index (χ1) is 16.4. The van der Waals surface area contributed by atoms with E-state index in [0.717, 1.165) is 31.2 Å². The monoisotopic (exact) mass is 477 g/mol. The van der Waals surface area contributed by atoms with Gasteiger partial charge in [-0.2, -0.15) is 0 Å². The van der Waals surface area contributed by atoms with Crippen molar-refractivity contribution in [3.63, 3.8) is 0 Å². The highest BCUT2D eigenvalue weighted by Gasteiger charge is 2.22. The largest absolute Gasteiger partial charge is 0.348 e. The molecule has 3 N–H and O–H groups in total. The Balaban J connectivity index is 1.34. The van der Waals surface area contributed by atoms with Crippen LogP contribution in [-0.4, -0.2) is 20.2 Å².